The molecule has 0 spiro atoms. The number of aryl methyl sites for hydroxylation is 1. The second kappa shape index (κ2) is 6.75. The molecule has 1 rings (SSSR count). The maximum absolute atomic E-state index is 5.41. The van der Waals surface area contributed by atoms with E-state index in [1.807, 2.05) is 12.1 Å². The Hall–Kier alpha value is -0.730. The van der Waals surface area contributed by atoms with E-state index in [-0.39, 0.29) is 12.4 Å². The largest absolute Gasteiger partial charge is 0.497 e. The quantitative estimate of drug-likeness (QED) is 0.809. The van der Waals surface area contributed by atoms with Gasteiger partial charge in [-0.2, -0.15) is 0 Å². The maximum Gasteiger partial charge on any atom is 0.118 e. The number of halogens is 1. The van der Waals surface area contributed by atoms with E-state index in [0.29, 0.717) is 0 Å². The maximum atomic E-state index is 5.41. The minimum absolute atomic E-state index is 0. The fourth-order valence-electron chi connectivity index (χ4n) is 1.10. The molecule has 13 heavy (non-hydrogen) atoms. The number of hydrogen-bond acceptors (Lipinski definition) is 2. The lowest BCUT2D eigenvalue weighted by Gasteiger charge is -2.01. The van der Waals surface area contributed by atoms with Gasteiger partial charge in [-0.3, -0.25) is 0 Å². The first-order valence-corrected chi connectivity index (χ1v) is 4.20. The summed E-state index contributed by atoms with van der Waals surface area (Å²) in [5, 5.41) is 0. The highest BCUT2D eigenvalue weighted by molar-refractivity contribution is 5.85. The van der Waals surface area contributed by atoms with Crippen LogP contribution in [-0.4, -0.2) is 13.7 Å². The van der Waals surface area contributed by atoms with Gasteiger partial charge in [0.05, 0.1) is 7.11 Å². The Kier molecular flexibility index (Phi) is 6.37. The Labute approximate surface area is 85.5 Å². The average Bonchev–Trinajstić information content (AvgIpc) is 2.15. The van der Waals surface area contributed by atoms with Gasteiger partial charge in [-0.25, -0.2) is 0 Å². The van der Waals surface area contributed by atoms with Crippen molar-refractivity contribution in [1.29, 1.82) is 0 Å². The second-order valence-corrected chi connectivity index (χ2v) is 2.74. The molecule has 0 radical (unpaired) electrons. The van der Waals surface area contributed by atoms with Crippen molar-refractivity contribution in [2.75, 3.05) is 13.7 Å². The third-order valence-corrected chi connectivity index (χ3v) is 1.83. The van der Waals surface area contributed by atoms with Gasteiger partial charge in [-0.15, -0.1) is 12.4 Å². The summed E-state index contributed by atoms with van der Waals surface area (Å²) in [4.78, 5) is 0. The lowest BCUT2D eigenvalue weighted by Crippen LogP contribution is -2.00. The van der Waals surface area contributed by atoms with Gasteiger partial charge in [-0.05, 0) is 37.1 Å². The summed E-state index contributed by atoms with van der Waals surface area (Å²) < 4.78 is 5.05. The van der Waals surface area contributed by atoms with Crippen LogP contribution in [0, 0.1) is 0 Å². The van der Waals surface area contributed by atoms with Crippen LogP contribution >= 0.6 is 12.4 Å². The zero-order valence-corrected chi connectivity index (χ0v) is 8.64. The van der Waals surface area contributed by atoms with E-state index in [9.17, 15) is 0 Å². The van der Waals surface area contributed by atoms with Crippen LogP contribution in [-0.2, 0) is 6.42 Å². The molecule has 1 aromatic rings. The van der Waals surface area contributed by atoms with Gasteiger partial charge in [0.25, 0.3) is 0 Å². The number of nitrogens with two attached hydrogens (primary N) is 1. The van der Waals surface area contributed by atoms with Gasteiger partial charge >= 0.3 is 0 Å². The van der Waals surface area contributed by atoms with Crippen molar-refractivity contribution in [3.63, 3.8) is 0 Å². The van der Waals surface area contributed by atoms with Crippen molar-refractivity contribution in [2.45, 2.75) is 12.8 Å². The lowest BCUT2D eigenvalue weighted by molar-refractivity contribution is 0.414. The molecule has 0 aliphatic carbocycles. The van der Waals surface area contributed by atoms with Crippen LogP contribution in [0.15, 0.2) is 24.3 Å². The molecule has 0 saturated heterocycles. The fraction of sp³-hybridized carbons (Fsp3) is 0.400. The zero-order valence-electron chi connectivity index (χ0n) is 7.82. The molecular formula is C10H16ClNO. The van der Waals surface area contributed by atoms with E-state index in [1.54, 1.807) is 7.11 Å². The number of methoxy groups -OCH3 is 1. The Morgan fingerprint density at radius 2 is 1.85 bits per heavy atom. The van der Waals surface area contributed by atoms with Gasteiger partial charge in [-0.1, -0.05) is 12.1 Å². The van der Waals surface area contributed by atoms with Crippen LogP contribution in [0.1, 0.15) is 12.0 Å². The summed E-state index contributed by atoms with van der Waals surface area (Å²) in [6.07, 6.45) is 2.10. The minimum atomic E-state index is 0. The summed E-state index contributed by atoms with van der Waals surface area (Å²) in [5.41, 5.74) is 6.73. The molecule has 0 unspecified atom stereocenters. The summed E-state index contributed by atoms with van der Waals surface area (Å²) in [7, 11) is 1.68. The highest BCUT2D eigenvalue weighted by Crippen LogP contribution is 2.11. The van der Waals surface area contributed by atoms with Crippen molar-refractivity contribution < 1.29 is 4.74 Å². The number of benzene rings is 1. The first kappa shape index (κ1) is 12.3. The minimum Gasteiger partial charge on any atom is -0.497 e. The topological polar surface area (TPSA) is 35.2 Å². The monoisotopic (exact) mass is 201 g/mol. The molecule has 2 N–H and O–H groups in total. The van der Waals surface area contributed by atoms with E-state index in [0.717, 1.165) is 25.1 Å². The molecule has 0 aromatic heterocycles. The third kappa shape index (κ3) is 4.15. The molecule has 1 aromatic carbocycles. The molecule has 0 amide bonds. The van der Waals surface area contributed by atoms with Crippen molar-refractivity contribution in [1.82, 2.24) is 0 Å². The molecule has 2 nitrogen and oxygen atoms in total. The third-order valence-electron chi connectivity index (χ3n) is 1.83. The van der Waals surface area contributed by atoms with Crippen molar-refractivity contribution in [3.05, 3.63) is 29.8 Å². The van der Waals surface area contributed by atoms with Crippen molar-refractivity contribution in [2.24, 2.45) is 5.73 Å². The highest BCUT2D eigenvalue weighted by Gasteiger charge is 1.92. The van der Waals surface area contributed by atoms with Crippen LogP contribution in [0.2, 0.25) is 0 Å². The van der Waals surface area contributed by atoms with Crippen LogP contribution in [0.5, 0.6) is 5.75 Å². The van der Waals surface area contributed by atoms with Crippen LogP contribution < -0.4 is 10.5 Å². The zero-order chi connectivity index (χ0) is 8.81. The van der Waals surface area contributed by atoms with E-state index in [1.165, 1.54) is 5.56 Å². The Balaban J connectivity index is 0.00000144. The molecule has 0 aliphatic heterocycles. The predicted molar refractivity (Wildman–Crippen MR) is 57.6 cm³/mol. The normalized spacial score (nSPS) is 9.08. The van der Waals surface area contributed by atoms with Gasteiger partial charge in [0.1, 0.15) is 5.75 Å². The Bertz CT molecular complexity index is 223. The van der Waals surface area contributed by atoms with Crippen LogP contribution in [0.25, 0.3) is 0 Å². The van der Waals surface area contributed by atoms with Gasteiger partial charge in [0.15, 0.2) is 0 Å². The molecule has 3 heteroatoms. The number of hydrogen-bond donors (Lipinski definition) is 1. The summed E-state index contributed by atoms with van der Waals surface area (Å²) in [5.74, 6) is 0.909. The summed E-state index contributed by atoms with van der Waals surface area (Å²) in [6, 6.07) is 8.11. The molecular weight excluding hydrogens is 186 g/mol. The van der Waals surface area contributed by atoms with E-state index in [2.05, 4.69) is 12.1 Å². The van der Waals surface area contributed by atoms with E-state index >= 15 is 0 Å². The van der Waals surface area contributed by atoms with E-state index in [4.69, 9.17) is 10.5 Å². The summed E-state index contributed by atoms with van der Waals surface area (Å²) in [6.45, 7) is 0.756. The predicted octanol–water partition coefficient (Wildman–Crippen LogP) is 2.01. The molecule has 0 atom stereocenters. The second-order valence-electron chi connectivity index (χ2n) is 2.74. The molecule has 0 bridgehead atoms. The smallest absolute Gasteiger partial charge is 0.118 e. The number of ether oxygens (including phenoxy) is 1. The molecule has 0 fully saturated rings. The molecule has 74 valence electrons. The molecule has 0 heterocycles. The average molecular weight is 202 g/mol. The van der Waals surface area contributed by atoms with Gasteiger partial charge in [0.2, 0.25) is 0 Å². The number of rotatable bonds is 4. The fourth-order valence-corrected chi connectivity index (χ4v) is 1.10. The lowest BCUT2D eigenvalue weighted by atomic mass is 10.1. The highest BCUT2D eigenvalue weighted by atomic mass is 35.5. The SMILES string of the molecule is COc1ccc(CCCN)cc1.Cl. The first-order chi connectivity index (χ1) is 5.86. The first-order valence-electron chi connectivity index (χ1n) is 4.20. The van der Waals surface area contributed by atoms with Crippen LogP contribution in [0.4, 0.5) is 0 Å². The molecule has 0 saturated carbocycles. The van der Waals surface area contributed by atoms with Crippen molar-refractivity contribution in [3.8, 4) is 5.75 Å². The van der Waals surface area contributed by atoms with E-state index < -0.39 is 0 Å². The Morgan fingerprint density at radius 1 is 1.23 bits per heavy atom. The molecule has 0 aliphatic rings. The standard InChI is InChI=1S/C10H15NO.ClH/c1-12-10-6-4-9(5-7-10)3-2-8-11;/h4-7H,2-3,8,11H2,1H3;1H. The van der Waals surface area contributed by atoms with Gasteiger partial charge in [0, 0.05) is 0 Å². The van der Waals surface area contributed by atoms with Gasteiger partial charge < -0.3 is 10.5 Å². The Morgan fingerprint density at radius 3 is 2.31 bits per heavy atom. The van der Waals surface area contributed by atoms with Crippen molar-refractivity contribution >= 4 is 12.4 Å². The van der Waals surface area contributed by atoms with Crippen LogP contribution in [0.3, 0.4) is 0 Å². The summed E-state index contributed by atoms with van der Waals surface area (Å²) >= 11 is 0.